The molecule has 364 valence electrons. The number of pyridine rings is 1. The molecule has 4 heterocycles. The summed E-state index contributed by atoms with van der Waals surface area (Å²) in [6.07, 6.45) is 1.95. The minimum absolute atomic E-state index is 0. The molecule has 5 nitrogen and oxygen atoms in total. The van der Waals surface area contributed by atoms with Gasteiger partial charge in [-0.1, -0.05) is 207 Å². The van der Waals surface area contributed by atoms with Crippen molar-refractivity contribution in [3.05, 3.63) is 237 Å². The summed E-state index contributed by atoms with van der Waals surface area (Å²) < 4.78 is 9.43. The second kappa shape index (κ2) is 18.1. The first-order chi connectivity index (χ1) is 35.5. The van der Waals surface area contributed by atoms with Crippen molar-refractivity contribution in [2.24, 2.45) is 0 Å². The van der Waals surface area contributed by atoms with Gasteiger partial charge >= 0.3 is 0 Å². The van der Waals surface area contributed by atoms with E-state index in [2.05, 4.69) is 249 Å². The van der Waals surface area contributed by atoms with E-state index in [1.165, 1.54) is 47.5 Å². The predicted molar refractivity (Wildman–Crippen MR) is 310 cm³/mol. The first-order valence-electron chi connectivity index (χ1n) is 25.1. The molecule has 1 spiro atoms. The third-order valence-electron chi connectivity index (χ3n) is 15.4. The standard InChI is InChI=1S/C66H53N4OSi2.Pt/c1-66(2,3)46-38-39-67-62(40-46)70-54-32-21-37-60-63(54)64-55(70)42-49(43-61(64)73(60)58-35-17-15-33-56(58)72(5,6)57-34-16-18-36-59(57)73)71-48-27-19-26-47(41-48)68-52-30-13-14-31-53(52)69(4)65-50(44-22-9-7-10-23-44)28-20-29-51(65)45-24-11-8-12-25-45;/h7-40,43,68H,4H2,1-3,5-6H3;/q-3;. The van der Waals surface area contributed by atoms with E-state index >= 15 is 0 Å². The van der Waals surface area contributed by atoms with Gasteiger partial charge in [0.15, 0.2) is 8.07 Å². The van der Waals surface area contributed by atoms with E-state index < -0.39 is 16.1 Å². The van der Waals surface area contributed by atoms with E-state index in [0.29, 0.717) is 11.5 Å². The number of hydrogen-bond donors (Lipinski definition) is 1. The Balaban J connectivity index is 0.00000556. The smallest absolute Gasteiger partial charge is 0.155 e. The van der Waals surface area contributed by atoms with Crippen LogP contribution >= 0.6 is 0 Å². The minimum atomic E-state index is -2.91. The van der Waals surface area contributed by atoms with Crippen molar-refractivity contribution >= 4 is 91.8 Å². The van der Waals surface area contributed by atoms with Crippen LogP contribution in [-0.4, -0.2) is 25.7 Å². The average Bonchev–Trinajstić information content (AvgIpc) is 3.94. The molecule has 8 heteroatoms. The van der Waals surface area contributed by atoms with E-state index in [4.69, 9.17) is 16.8 Å². The molecule has 0 amide bonds. The Morgan fingerprint density at radius 1 is 0.568 bits per heavy atom. The quantitative estimate of drug-likeness (QED) is 0.116. The molecule has 0 radical (unpaired) electrons. The van der Waals surface area contributed by atoms with Crippen LogP contribution in [0, 0.1) is 19.2 Å². The first kappa shape index (κ1) is 47.5. The Kier molecular flexibility index (Phi) is 11.6. The van der Waals surface area contributed by atoms with Gasteiger partial charge in [0.25, 0.3) is 0 Å². The fraction of sp³-hybridized carbons (Fsp3) is 0.0909. The van der Waals surface area contributed by atoms with Crippen LogP contribution in [0.15, 0.2) is 212 Å². The molecule has 0 fully saturated rings. The number of fused-ring (bicyclic) bond motifs is 6. The summed E-state index contributed by atoms with van der Waals surface area (Å²) in [5.74, 6) is 2.10. The van der Waals surface area contributed by atoms with E-state index in [0.717, 1.165) is 61.9 Å². The zero-order valence-electron chi connectivity index (χ0n) is 42.0. The van der Waals surface area contributed by atoms with Gasteiger partial charge in [0, 0.05) is 66.8 Å². The van der Waals surface area contributed by atoms with Gasteiger partial charge in [-0.15, -0.1) is 40.9 Å². The summed E-state index contributed by atoms with van der Waals surface area (Å²) in [5.41, 5.74) is 11.3. The number of nitrogens with zero attached hydrogens (tertiary/aromatic N) is 3. The van der Waals surface area contributed by atoms with E-state index in [1.807, 2.05) is 24.4 Å². The van der Waals surface area contributed by atoms with Crippen LogP contribution in [0.4, 0.5) is 22.7 Å². The molecule has 0 unspecified atom stereocenters. The van der Waals surface area contributed by atoms with E-state index in [1.54, 1.807) is 0 Å². The monoisotopic (exact) mass is 1170 g/mol. The molecule has 2 aromatic heterocycles. The summed E-state index contributed by atoms with van der Waals surface area (Å²) >= 11 is 0. The summed E-state index contributed by atoms with van der Waals surface area (Å²) in [6.45, 7) is 11.8. The van der Waals surface area contributed by atoms with Gasteiger partial charge < -0.3 is 19.5 Å². The molecule has 0 aliphatic carbocycles. The van der Waals surface area contributed by atoms with E-state index in [-0.39, 0.29) is 26.5 Å². The number of nitrogens with one attached hydrogen (secondary N) is 1. The molecule has 0 atom stereocenters. The predicted octanol–water partition coefficient (Wildman–Crippen LogP) is 12.7. The number of hydrogen-bond acceptors (Lipinski definition) is 4. The number of anilines is 4. The second-order valence-electron chi connectivity index (χ2n) is 21.0. The number of benzene rings is 9. The molecule has 9 aromatic carbocycles. The Morgan fingerprint density at radius 2 is 1.15 bits per heavy atom. The van der Waals surface area contributed by atoms with Gasteiger partial charge in [0.2, 0.25) is 0 Å². The zero-order chi connectivity index (χ0) is 49.6. The Morgan fingerprint density at radius 3 is 1.81 bits per heavy atom. The van der Waals surface area contributed by atoms with Crippen LogP contribution in [0.25, 0.3) is 49.9 Å². The van der Waals surface area contributed by atoms with Gasteiger partial charge in [-0.2, -0.15) is 6.07 Å². The van der Waals surface area contributed by atoms with Crippen molar-refractivity contribution in [1.82, 2.24) is 9.55 Å². The Hall–Kier alpha value is -7.55. The molecular weight excluding hydrogens is 1120 g/mol. The maximum Gasteiger partial charge on any atom is 0.155 e. The number of rotatable bonds is 9. The van der Waals surface area contributed by atoms with Crippen LogP contribution in [0.1, 0.15) is 26.3 Å². The average molecular weight is 1170 g/mol. The van der Waals surface area contributed by atoms with Crippen molar-refractivity contribution < 1.29 is 25.8 Å². The van der Waals surface area contributed by atoms with E-state index in [9.17, 15) is 0 Å². The number of ether oxygens (including phenoxy) is 1. The van der Waals surface area contributed by atoms with Crippen molar-refractivity contribution in [2.75, 3.05) is 10.2 Å². The van der Waals surface area contributed by atoms with Crippen LogP contribution in [-0.2, 0) is 26.5 Å². The molecule has 1 N–H and O–H groups in total. The number of para-hydroxylation sites is 3. The third kappa shape index (κ3) is 7.38. The molecular formula is C66H53N4OPtSi2-3. The van der Waals surface area contributed by atoms with Crippen LogP contribution in [0.2, 0.25) is 13.1 Å². The minimum Gasteiger partial charge on any atom is -0.509 e. The van der Waals surface area contributed by atoms with Gasteiger partial charge in [-0.3, -0.25) is 7.05 Å². The maximum atomic E-state index is 7.11. The van der Waals surface area contributed by atoms with Crippen LogP contribution in [0.3, 0.4) is 0 Å². The van der Waals surface area contributed by atoms with Gasteiger partial charge in [0.05, 0.1) is 5.69 Å². The summed E-state index contributed by atoms with van der Waals surface area (Å²) in [4.78, 5) is 7.14. The fourth-order valence-electron chi connectivity index (χ4n) is 12.0. The summed E-state index contributed by atoms with van der Waals surface area (Å²) in [6, 6.07) is 81.8. The van der Waals surface area contributed by atoms with Gasteiger partial charge in [-0.25, -0.2) is 4.98 Å². The largest absolute Gasteiger partial charge is 0.509 e. The molecule has 0 saturated carbocycles. The maximum absolute atomic E-state index is 7.11. The molecule has 11 aromatic rings. The van der Waals surface area contributed by atoms with Crippen LogP contribution < -0.4 is 46.1 Å². The van der Waals surface area contributed by atoms with Crippen molar-refractivity contribution in [2.45, 2.75) is 39.3 Å². The molecule has 0 saturated heterocycles. The zero-order valence-corrected chi connectivity index (χ0v) is 46.3. The third-order valence-corrected chi connectivity index (χ3v) is 24.3. The molecule has 2 aliphatic rings. The summed E-state index contributed by atoms with van der Waals surface area (Å²) in [5, 5.41) is 15.1. The second-order valence-corrected chi connectivity index (χ2v) is 28.9. The van der Waals surface area contributed by atoms with Crippen molar-refractivity contribution in [3.63, 3.8) is 0 Å². The summed E-state index contributed by atoms with van der Waals surface area (Å²) in [7, 11) is -0.236. The SMILES string of the molecule is [CH2-]N(c1ccccc1Nc1[c-]c(Oc2[c-]c3c4c(c2)[Si]2(c5ccccc5[Si](C)(C)c5ccccc52)c2cccc(c24)n3-c2cc(C(C)(C)C)ccn2)ccc1)c1c(-c2ccccc2)cccc1-c1ccccc1.[Pt]. The first-order valence-corrected chi connectivity index (χ1v) is 30.1. The molecule has 13 rings (SSSR count). The van der Waals surface area contributed by atoms with Crippen molar-refractivity contribution in [3.8, 4) is 39.6 Å². The Labute approximate surface area is 450 Å². The fourth-order valence-corrected chi connectivity index (χ4v) is 23.2. The number of aromatic nitrogens is 2. The van der Waals surface area contributed by atoms with Crippen molar-refractivity contribution in [1.29, 1.82) is 0 Å². The molecule has 2 aliphatic heterocycles. The molecule has 0 bridgehead atoms. The normalized spacial score (nSPS) is 13.6. The van der Waals surface area contributed by atoms with Gasteiger partial charge in [0.1, 0.15) is 13.9 Å². The topological polar surface area (TPSA) is 42.3 Å². The van der Waals surface area contributed by atoms with Gasteiger partial charge in [-0.05, 0) is 73.4 Å². The molecule has 74 heavy (non-hydrogen) atoms. The van der Waals surface area contributed by atoms with Crippen LogP contribution in [0.5, 0.6) is 11.5 Å². The Bertz CT molecular complexity index is 3870.